The van der Waals surface area contributed by atoms with Crippen LogP contribution in [0.4, 0.5) is 5.82 Å². The van der Waals surface area contributed by atoms with Crippen LogP contribution in [0.15, 0.2) is 93.5 Å². The molecule has 4 aromatic rings. The SMILES string of the molecule is O=C1C[C@@H](c2ccco2)CC2=C1[C@H](c1ccc(Cl)cc1)c1c([nH]n(-c3ccccc3)c1=O)N2. The van der Waals surface area contributed by atoms with Crippen LogP contribution in [0.25, 0.3) is 5.69 Å². The molecule has 0 radical (unpaired) electrons. The van der Waals surface area contributed by atoms with Crippen molar-refractivity contribution in [1.29, 1.82) is 0 Å². The van der Waals surface area contributed by atoms with Crippen LogP contribution in [0.1, 0.15) is 41.6 Å². The number of fused-ring (bicyclic) bond motifs is 1. The smallest absolute Gasteiger partial charge is 0.277 e. The Morgan fingerprint density at radius 3 is 2.45 bits per heavy atom. The molecule has 3 heterocycles. The highest BCUT2D eigenvalue weighted by Gasteiger charge is 2.41. The number of ketones is 1. The van der Waals surface area contributed by atoms with Gasteiger partial charge in [0.05, 0.1) is 17.5 Å². The van der Waals surface area contributed by atoms with Gasteiger partial charge in [-0.05, 0) is 48.4 Å². The summed E-state index contributed by atoms with van der Waals surface area (Å²) in [7, 11) is 0. The first-order valence-electron chi connectivity index (χ1n) is 10.8. The Bertz CT molecular complexity index is 1430. The zero-order chi connectivity index (χ0) is 22.5. The molecule has 2 aliphatic rings. The first-order valence-corrected chi connectivity index (χ1v) is 11.2. The summed E-state index contributed by atoms with van der Waals surface area (Å²) in [6.07, 6.45) is 2.59. The van der Waals surface area contributed by atoms with Gasteiger partial charge in [-0.15, -0.1) is 0 Å². The number of aromatic nitrogens is 2. The lowest BCUT2D eigenvalue weighted by atomic mass is 9.73. The van der Waals surface area contributed by atoms with E-state index in [0.29, 0.717) is 34.8 Å². The third-order valence-corrected chi connectivity index (χ3v) is 6.70. The summed E-state index contributed by atoms with van der Waals surface area (Å²) in [6, 6.07) is 20.5. The number of nitrogens with zero attached hydrogens (tertiary/aromatic N) is 1. The number of benzene rings is 2. The summed E-state index contributed by atoms with van der Waals surface area (Å²) in [5, 5.41) is 7.21. The van der Waals surface area contributed by atoms with Crippen molar-refractivity contribution in [3.05, 3.63) is 117 Å². The molecule has 0 spiro atoms. The molecule has 6 rings (SSSR count). The second kappa shape index (κ2) is 7.67. The summed E-state index contributed by atoms with van der Waals surface area (Å²) in [5.41, 5.74) is 3.40. The molecule has 2 atom stereocenters. The number of allylic oxidation sites excluding steroid dienone is 2. The first-order chi connectivity index (χ1) is 16.1. The second-order valence-corrected chi connectivity index (χ2v) is 8.86. The molecular weight excluding hydrogens is 438 g/mol. The lowest BCUT2D eigenvalue weighted by Crippen LogP contribution is -2.31. The third-order valence-electron chi connectivity index (χ3n) is 6.45. The molecule has 0 fully saturated rings. The predicted molar refractivity (Wildman–Crippen MR) is 126 cm³/mol. The van der Waals surface area contributed by atoms with E-state index in [2.05, 4.69) is 10.4 Å². The minimum Gasteiger partial charge on any atom is -0.469 e. The van der Waals surface area contributed by atoms with Gasteiger partial charge in [-0.1, -0.05) is 41.9 Å². The lowest BCUT2D eigenvalue weighted by Gasteiger charge is -2.33. The van der Waals surface area contributed by atoms with Crippen LogP contribution in [0.3, 0.4) is 0 Å². The number of rotatable bonds is 3. The number of anilines is 1. The minimum atomic E-state index is -0.479. The van der Waals surface area contributed by atoms with Gasteiger partial charge in [0.1, 0.15) is 11.6 Å². The van der Waals surface area contributed by atoms with E-state index in [1.165, 1.54) is 4.68 Å². The third kappa shape index (κ3) is 3.26. The van der Waals surface area contributed by atoms with E-state index in [9.17, 15) is 9.59 Å². The Kier molecular flexibility index (Phi) is 4.62. The van der Waals surface area contributed by atoms with E-state index in [4.69, 9.17) is 16.0 Å². The zero-order valence-electron chi connectivity index (χ0n) is 17.5. The molecule has 33 heavy (non-hydrogen) atoms. The van der Waals surface area contributed by atoms with E-state index in [1.54, 1.807) is 18.4 Å². The van der Waals surface area contributed by atoms with E-state index >= 15 is 0 Å². The standard InChI is InChI=1S/C26H20ClN3O3/c27-17-10-8-15(9-11-17)22-23-19(13-16(14-20(23)31)21-7-4-12-33-21)28-25-24(22)26(32)30(29-25)18-5-2-1-3-6-18/h1-12,16,22,28-29H,13-14H2/t16-,22-/m0/s1. The molecule has 164 valence electrons. The second-order valence-electron chi connectivity index (χ2n) is 8.42. The van der Waals surface area contributed by atoms with Gasteiger partial charge in [0.15, 0.2) is 5.78 Å². The summed E-state index contributed by atoms with van der Waals surface area (Å²) in [6.45, 7) is 0. The van der Waals surface area contributed by atoms with E-state index < -0.39 is 5.92 Å². The van der Waals surface area contributed by atoms with Crippen LogP contribution in [0, 0.1) is 0 Å². The number of furan rings is 1. The van der Waals surface area contributed by atoms with Crippen molar-refractivity contribution < 1.29 is 9.21 Å². The highest BCUT2D eigenvalue weighted by atomic mass is 35.5. The van der Waals surface area contributed by atoms with Crippen molar-refractivity contribution in [3.8, 4) is 5.69 Å². The van der Waals surface area contributed by atoms with Crippen LogP contribution in [-0.4, -0.2) is 15.6 Å². The molecule has 6 nitrogen and oxygen atoms in total. The first kappa shape index (κ1) is 19.9. The Balaban J connectivity index is 1.53. The number of aromatic amines is 1. The van der Waals surface area contributed by atoms with Crippen LogP contribution in [0.5, 0.6) is 0 Å². The molecule has 0 amide bonds. The summed E-state index contributed by atoms with van der Waals surface area (Å²) in [4.78, 5) is 27.1. The topological polar surface area (TPSA) is 80.0 Å². The summed E-state index contributed by atoms with van der Waals surface area (Å²) >= 11 is 6.13. The monoisotopic (exact) mass is 457 g/mol. The van der Waals surface area contributed by atoms with Crippen molar-refractivity contribution in [2.45, 2.75) is 24.7 Å². The van der Waals surface area contributed by atoms with Crippen molar-refractivity contribution in [2.75, 3.05) is 5.32 Å². The number of carbonyl (C=O) groups is 1. The normalized spacial score (nSPS) is 19.7. The Hall–Kier alpha value is -3.77. The van der Waals surface area contributed by atoms with Gasteiger partial charge in [-0.25, -0.2) is 4.68 Å². The average molecular weight is 458 g/mol. The van der Waals surface area contributed by atoms with Gasteiger partial charge >= 0.3 is 0 Å². The largest absolute Gasteiger partial charge is 0.469 e. The van der Waals surface area contributed by atoms with Gasteiger partial charge in [0.2, 0.25) is 0 Å². The van der Waals surface area contributed by atoms with Crippen LogP contribution >= 0.6 is 11.6 Å². The number of Topliss-reactive ketones (excluding diaryl/α,β-unsaturated/α-hetero) is 1. The molecule has 0 saturated carbocycles. The highest BCUT2D eigenvalue weighted by Crippen LogP contribution is 2.46. The Labute approximate surface area is 194 Å². The number of para-hydroxylation sites is 1. The van der Waals surface area contributed by atoms with Crippen LogP contribution < -0.4 is 10.9 Å². The maximum atomic E-state index is 13.6. The lowest BCUT2D eigenvalue weighted by molar-refractivity contribution is -0.116. The zero-order valence-corrected chi connectivity index (χ0v) is 18.3. The number of halogens is 1. The quantitative estimate of drug-likeness (QED) is 0.433. The van der Waals surface area contributed by atoms with Crippen molar-refractivity contribution in [2.24, 2.45) is 0 Å². The van der Waals surface area contributed by atoms with Gasteiger partial charge < -0.3 is 9.73 Å². The molecule has 2 N–H and O–H groups in total. The maximum Gasteiger partial charge on any atom is 0.277 e. The van der Waals surface area contributed by atoms with Crippen molar-refractivity contribution in [3.63, 3.8) is 0 Å². The highest BCUT2D eigenvalue weighted by molar-refractivity contribution is 6.30. The van der Waals surface area contributed by atoms with Gasteiger partial charge in [0, 0.05) is 34.5 Å². The van der Waals surface area contributed by atoms with E-state index in [0.717, 1.165) is 22.7 Å². The number of hydrogen-bond acceptors (Lipinski definition) is 4. The molecule has 7 heteroatoms. The average Bonchev–Trinajstić information content (AvgIpc) is 3.48. The molecule has 0 unspecified atom stereocenters. The molecular formula is C26H20ClN3O3. The number of carbonyl (C=O) groups excluding carboxylic acids is 1. The fourth-order valence-electron chi connectivity index (χ4n) is 4.96. The van der Waals surface area contributed by atoms with Crippen LogP contribution in [-0.2, 0) is 4.79 Å². The number of nitrogens with one attached hydrogen (secondary N) is 2. The molecule has 2 aromatic carbocycles. The predicted octanol–water partition coefficient (Wildman–Crippen LogP) is 5.37. The van der Waals surface area contributed by atoms with E-state index in [1.807, 2.05) is 54.6 Å². The Morgan fingerprint density at radius 1 is 0.939 bits per heavy atom. The van der Waals surface area contributed by atoms with Gasteiger partial charge in [-0.3, -0.25) is 14.7 Å². The molecule has 1 aliphatic carbocycles. The summed E-state index contributed by atoms with van der Waals surface area (Å²) < 4.78 is 7.12. The maximum absolute atomic E-state index is 13.6. The molecule has 2 aromatic heterocycles. The summed E-state index contributed by atoms with van der Waals surface area (Å²) in [5.74, 6) is 0.889. The van der Waals surface area contributed by atoms with Crippen LogP contribution in [0.2, 0.25) is 5.02 Å². The van der Waals surface area contributed by atoms with Gasteiger partial charge in [-0.2, -0.15) is 0 Å². The fraction of sp³-hybridized carbons (Fsp3) is 0.154. The number of H-pyrrole nitrogens is 1. The van der Waals surface area contributed by atoms with Crippen molar-refractivity contribution >= 4 is 23.2 Å². The minimum absolute atomic E-state index is 0.0163. The number of hydrogen-bond donors (Lipinski definition) is 2. The van der Waals surface area contributed by atoms with E-state index in [-0.39, 0.29) is 17.3 Å². The van der Waals surface area contributed by atoms with Gasteiger partial charge in [0.25, 0.3) is 5.56 Å². The fourth-order valence-corrected chi connectivity index (χ4v) is 5.09. The van der Waals surface area contributed by atoms with Crippen molar-refractivity contribution in [1.82, 2.24) is 9.78 Å². The molecule has 0 bridgehead atoms. The molecule has 0 saturated heterocycles. The Morgan fingerprint density at radius 2 is 1.73 bits per heavy atom. The molecule has 1 aliphatic heterocycles.